The van der Waals surface area contributed by atoms with Gasteiger partial charge in [0.15, 0.2) is 0 Å². The van der Waals surface area contributed by atoms with Crippen LogP contribution in [0.1, 0.15) is 12.5 Å². The number of aryl methyl sites for hydroxylation is 1. The maximum absolute atomic E-state index is 2.28. The molecule has 0 N–H and O–H groups in total. The van der Waals surface area contributed by atoms with Gasteiger partial charge < -0.3 is 0 Å². The molecule has 0 aliphatic heterocycles. The molecule has 16 heavy (non-hydrogen) atoms. The zero-order chi connectivity index (χ0) is 11.4. The van der Waals surface area contributed by atoms with E-state index < -0.39 is 0 Å². The lowest BCUT2D eigenvalue weighted by atomic mass is 10.2. The van der Waals surface area contributed by atoms with E-state index in [4.69, 9.17) is 0 Å². The summed E-state index contributed by atoms with van der Waals surface area (Å²) in [6, 6.07) is 19.6. The molecule has 1 unspecified atom stereocenters. The highest BCUT2D eigenvalue weighted by Crippen LogP contribution is 2.33. The number of hydrogen-bond acceptors (Lipinski definition) is 0. The molecular weight excluding hydrogens is 211 g/mol. The van der Waals surface area contributed by atoms with Crippen molar-refractivity contribution >= 4 is 18.5 Å². The van der Waals surface area contributed by atoms with Gasteiger partial charge in [-0.3, -0.25) is 0 Å². The molecule has 0 aliphatic carbocycles. The highest BCUT2D eigenvalue weighted by molar-refractivity contribution is 7.73. The van der Waals surface area contributed by atoms with Gasteiger partial charge >= 0.3 is 0 Å². The lowest BCUT2D eigenvalue weighted by molar-refractivity contribution is 1.48. The minimum atomic E-state index is -0.169. The standard InChI is InChI=1S/C15H17P/c1-3-16(14-10-5-4-6-11-14)15-12-8-7-9-13(15)2/h4-12H,3H2,1-2H3. The van der Waals surface area contributed by atoms with E-state index in [0.717, 1.165) is 0 Å². The van der Waals surface area contributed by atoms with Gasteiger partial charge in [-0.1, -0.05) is 61.5 Å². The van der Waals surface area contributed by atoms with E-state index in [0.29, 0.717) is 0 Å². The van der Waals surface area contributed by atoms with Crippen LogP contribution >= 0.6 is 7.92 Å². The molecule has 0 nitrogen and oxygen atoms in total. The second-order valence-corrected chi connectivity index (χ2v) is 6.35. The Morgan fingerprint density at radius 1 is 0.875 bits per heavy atom. The molecule has 0 spiro atoms. The molecule has 0 heterocycles. The van der Waals surface area contributed by atoms with E-state index in [-0.39, 0.29) is 7.92 Å². The van der Waals surface area contributed by atoms with Crippen LogP contribution in [0.4, 0.5) is 0 Å². The van der Waals surface area contributed by atoms with Gasteiger partial charge in [-0.15, -0.1) is 0 Å². The van der Waals surface area contributed by atoms with E-state index in [1.807, 2.05) is 0 Å². The van der Waals surface area contributed by atoms with Crippen LogP contribution in [0.25, 0.3) is 0 Å². The van der Waals surface area contributed by atoms with E-state index in [1.165, 1.54) is 22.3 Å². The normalized spacial score (nSPS) is 12.4. The van der Waals surface area contributed by atoms with Gasteiger partial charge in [0.2, 0.25) is 0 Å². The Kier molecular flexibility index (Phi) is 3.74. The van der Waals surface area contributed by atoms with E-state index in [2.05, 4.69) is 68.4 Å². The van der Waals surface area contributed by atoms with Gasteiger partial charge in [0.05, 0.1) is 0 Å². The summed E-state index contributed by atoms with van der Waals surface area (Å²) in [5.41, 5.74) is 1.42. The van der Waals surface area contributed by atoms with Crippen LogP contribution < -0.4 is 10.6 Å². The van der Waals surface area contributed by atoms with Gasteiger partial charge in [-0.2, -0.15) is 0 Å². The zero-order valence-electron chi connectivity index (χ0n) is 9.85. The largest absolute Gasteiger partial charge is 0.0622 e. The first-order valence-electron chi connectivity index (χ1n) is 5.71. The first kappa shape index (κ1) is 11.4. The molecule has 0 amide bonds. The molecule has 2 rings (SSSR count). The fourth-order valence-corrected chi connectivity index (χ4v) is 4.25. The monoisotopic (exact) mass is 228 g/mol. The maximum atomic E-state index is 2.28. The molecule has 0 aliphatic rings. The molecule has 1 atom stereocenters. The molecule has 82 valence electrons. The minimum absolute atomic E-state index is 0.169. The van der Waals surface area contributed by atoms with Crippen molar-refractivity contribution < 1.29 is 0 Å². The number of hydrogen-bond donors (Lipinski definition) is 0. The van der Waals surface area contributed by atoms with Crippen molar-refractivity contribution in [2.75, 3.05) is 6.16 Å². The first-order chi connectivity index (χ1) is 7.83. The third-order valence-electron chi connectivity index (χ3n) is 2.79. The second kappa shape index (κ2) is 5.27. The van der Waals surface area contributed by atoms with E-state index in [1.54, 1.807) is 0 Å². The molecule has 1 heteroatoms. The fourth-order valence-electron chi connectivity index (χ4n) is 1.97. The van der Waals surface area contributed by atoms with Crippen LogP contribution in [-0.2, 0) is 0 Å². The summed E-state index contributed by atoms with van der Waals surface area (Å²) in [5, 5.41) is 3.00. The van der Waals surface area contributed by atoms with Crippen molar-refractivity contribution in [3.8, 4) is 0 Å². The maximum Gasteiger partial charge on any atom is -0.0166 e. The predicted octanol–water partition coefficient (Wildman–Crippen LogP) is 3.45. The van der Waals surface area contributed by atoms with Crippen LogP contribution in [0.2, 0.25) is 0 Å². The Bertz CT molecular complexity index is 448. The average Bonchev–Trinajstić information content (AvgIpc) is 2.34. The Balaban J connectivity index is 2.41. The second-order valence-electron chi connectivity index (χ2n) is 3.87. The minimum Gasteiger partial charge on any atom is -0.0622 e. The summed E-state index contributed by atoms with van der Waals surface area (Å²) in [4.78, 5) is 0. The van der Waals surface area contributed by atoms with Gasteiger partial charge in [0.25, 0.3) is 0 Å². The number of rotatable bonds is 3. The first-order valence-corrected chi connectivity index (χ1v) is 7.24. The molecule has 0 aromatic heterocycles. The third kappa shape index (κ3) is 2.33. The average molecular weight is 228 g/mol. The van der Waals surface area contributed by atoms with Crippen LogP contribution in [0.15, 0.2) is 54.6 Å². The quantitative estimate of drug-likeness (QED) is 0.706. The Hall–Kier alpha value is -1.13. The summed E-state index contributed by atoms with van der Waals surface area (Å²) in [7, 11) is -0.169. The van der Waals surface area contributed by atoms with E-state index in [9.17, 15) is 0 Å². The van der Waals surface area contributed by atoms with Crippen molar-refractivity contribution in [1.29, 1.82) is 0 Å². The Labute approximate surface area is 99.1 Å². The van der Waals surface area contributed by atoms with E-state index >= 15 is 0 Å². The summed E-state index contributed by atoms with van der Waals surface area (Å²) in [5.74, 6) is 0. The third-order valence-corrected chi connectivity index (χ3v) is 5.43. The van der Waals surface area contributed by atoms with Crippen molar-refractivity contribution in [3.05, 3.63) is 60.2 Å². The van der Waals surface area contributed by atoms with Gasteiger partial charge in [0, 0.05) is 0 Å². The van der Waals surface area contributed by atoms with Crippen LogP contribution in [0.5, 0.6) is 0 Å². The lowest BCUT2D eigenvalue weighted by Gasteiger charge is -2.18. The Morgan fingerprint density at radius 3 is 2.12 bits per heavy atom. The highest BCUT2D eigenvalue weighted by Gasteiger charge is 2.12. The summed E-state index contributed by atoms with van der Waals surface area (Å²) >= 11 is 0. The molecular formula is C15H17P. The molecule has 0 saturated carbocycles. The van der Waals surface area contributed by atoms with Crippen molar-refractivity contribution in [2.24, 2.45) is 0 Å². The van der Waals surface area contributed by atoms with Gasteiger partial charge in [-0.25, -0.2) is 0 Å². The molecule has 0 fully saturated rings. The summed E-state index contributed by atoms with van der Waals surface area (Å²) in [6.45, 7) is 4.49. The Morgan fingerprint density at radius 2 is 1.50 bits per heavy atom. The lowest BCUT2D eigenvalue weighted by Crippen LogP contribution is -2.15. The van der Waals surface area contributed by atoms with Crippen LogP contribution in [-0.4, -0.2) is 6.16 Å². The molecule has 2 aromatic carbocycles. The number of benzene rings is 2. The predicted molar refractivity (Wildman–Crippen MR) is 74.4 cm³/mol. The molecule has 2 aromatic rings. The van der Waals surface area contributed by atoms with Gasteiger partial charge in [0.1, 0.15) is 0 Å². The SMILES string of the molecule is CCP(c1ccccc1)c1ccccc1C. The summed E-state index contributed by atoms with van der Waals surface area (Å²) in [6.07, 6.45) is 1.21. The highest BCUT2D eigenvalue weighted by atomic mass is 31.1. The van der Waals surface area contributed by atoms with Crippen LogP contribution in [0, 0.1) is 6.92 Å². The van der Waals surface area contributed by atoms with Crippen LogP contribution in [0.3, 0.4) is 0 Å². The molecule has 0 saturated heterocycles. The smallest absolute Gasteiger partial charge is 0.0166 e. The fraction of sp³-hybridized carbons (Fsp3) is 0.200. The topological polar surface area (TPSA) is 0 Å². The van der Waals surface area contributed by atoms with Gasteiger partial charge in [-0.05, 0) is 37.2 Å². The van der Waals surface area contributed by atoms with Crippen molar-refractivity contribution in [2.45, 2.75) is 13.8 Å². The van der Waals surface area contributed by atoms with Crippen molar-refractivity contribution in [3.63, 3.8) is 0 Å². The zero-order valence-corrected chi connectivity index (χ0v) is 10.7. The molecule has 0 bridgehead atoms. The van der Waals surface area contributed by atoms with Crippen molar-refractivity contribution in [1.82, 2.24) is 0 Å². The molecule has 0 radical (unpaired) electrons. The summed E-state index contributed by atoms with van der Waals surface area (Å²) < 4.78 is 0.